The van der Waals surface area contributed by atoms with E-state index in [1.54, 1.807) is 4.90 Å². The first-order valence-corrected chi connectivity index (χ1v) is 8.31. The number of benzene rings is 1. The van der Waals surface area contributed by atoms with Crippen molar-refractivity contribution in [3.8, 4) is 0 Å². The topological polar surface area (TPSA) is 20.3 Å². The van der Waals surface area contributed by atoms with Crippen LogP contribution in [0.25, 0.3) is 0 Å². The zero-order valence-electron chi connectivity index (χ0n) is 11.7. The summed E-state index contributed by atoms with van der Waals surface area (Å²) in [6, 6.07) is 8.55. The molecule has 0 N–H and O–H groups in total. The molecule has 0 saturated heterocycles. The smallest absolute Gasteiger partial charge is 0.231 e. The fourth-order valence-corrected chi connectivity index (χ4v) is 4.28. The molecule has 1 aromatic heterocycles. The van der Waals surface area contributed by atoms with Gasteiger partial charge in [0, 0.05) is 22.5 Å². The number of fused-ring (bicyclic) bond motifs is 1. The van der Waals surface area contributed by atoms with E-state index in [0.717, 1.165) is 11.3 Å². The van der Waals surface area contributed by atoms with Gasteiger partial charge in [-0.2, -0.15) is 0 Å². The molecule has 1 aromatic carbocycles. The van der Waals surface area contributed by atoms with Crippen LogP contribution in [0.1, 0.15) is 31.3 Å². The van der Waals surface area contributed by atoms with Gasteiger partial charge in [-0.05, 0) is 42.7 Å². The van der Waals surface area contributed by atoms with E-state index >= 15 is 0 Å². The highest BCUT2D eigenvalue weighted by Gasteiger charge is 2.25. The number of nitrogens with zero attached hydrogens (tertiary/aromatic N) is 1. The molecule has 0 aliphatic carbocycles. The highest BCUT2D eigenvalue weighted by molar-refractivity contribution is 9.09. The number of carbonyl (C=O) groups is 1. The van der Waals surface area contributed by atoms with Crippen molar-refractivity contribution in [2.45, 2.75) is 25.1 Å². The summed E-state index contributed by atoms with van der Waals surface area (Å²) in [6.45, 7) is 4.30. The fraction of sp³-hybridized carbons (Fsp3) is 0.312. The van der Waals surface area contributed by atoms with E-state index in [1.165, 1.54) is 20.9 Å². The third-order valence-corrected chi connectivity index (χ3v) is 6.45. The zero-order chi connectivity index (χ0) is 14.4. The molecular weight excluding hydrogens is 334 g/mol. The number of hydrogen-bond acceptors (Lipinski definition) is 2. The van der Waals surface area contributed by atoms with Crippen molar-refractivity contribution < 1.29 is 4.79 Å². The summed E-state index contributed by atoms with van der Waals surface area (Å²) in [5.74, 6) is 0.172. The number of anilines is 1. The lowest BCUT2D eigenvalue weighted by Crippen LogP contribution is -2.20. The van der Waals surface area contributed by atoms with Crippen LogP contribution in [0.2, 0.25) is 0 Å². The molecule has 0 bridgehead atoms. The average Bonchev–Trinajstić information content (AvgIpc) is 2.90. The minimum atomic E-state index is 0.172. The lowest BCUT2D eigenvalue weighted by atomic mass is 10.0. The summed E-state index contributed by atoms with van der Waals surface area (Å²) in [7, 11) is 1.84. The maximum absolute atomic E-state index is 11.7. The first-order chi connectivity index (χ1) is 9.47. The Balaban J connectivity index is 1.96. The number of carbonyl (C=O) groups excluding carboxylic acids is 1. The largest absolute Gasteiger partial charge is 0.315 e. The summed E-state index contributed by atoms with van der Waals surface area (Å²) in [5.41, 5.74) is 4.72. The lowest BCUT2D eigenvalue weighted by molar-refractivity contribution is -0.117. The molecule has 1 aliphatic rings. The molecule has 1 amide bonds. The first kappa shape index (κ1) is 13.8. The Morgan fingerprint density at radius 3 is 2.70 bits per heavy atom. The SMILES string of the molecule is Cc1cc(C(Br)c2ccc3c(c2)CC(=O)N3C)sc1C. The Morgan fingerprint density at radius 1 is 1.30 bits per heavy atom. The van der Waals surface area contributed by atoms with Crippen LogP contribution in [0, 0.1) is 13.8 Å². The molecule has 20 heavy (non-hydrogen) atoms. The first-order valence-electron chi connectivity index (χ1n) is 6.57. The minimum absolute atomic E-state index is 0.172. The number of halogens is 1. The van der Waals surface area contributed by atoms with E-state index in [-0.39, 0.29) is 10.7 Å². The van der Waals surface area contributed by atoms with E-state index in [4.69, 9.17) is 0 Å². The molecular formula is C16H16BrNOS. The van der Waals surface area contributed by atoms with Gasteiger partial charge in [0.25, 0.3) is 0 Å². The number of amides is 1. The van der Waals surface area contributed by atoms with Crippen molar-refractivity contribution in [1.82, 2.24) is 0 Å². The highest BCUT2D eigenvalue weighted by atomic mass is 79.9. The van der Waals surface area contributed by atoms with Gasteiger partial charge in [0.05, 0.1) is 11.2 Å². The van der Waals surface area contributed by atoms with Crippen molar-refractivity contribution in [2.24, 2.45) is 0 Å². The molecule has 0 spiro atoms. The third-order valence-electron chi connectivity index (χ3n) is 3.91. The van der Waals surface area contributed by atoms with Crippen molar-refractivity contribution in [1.29, 1.82) is 0 Å². The molecule has 104 valence electrons. The van der Waals surface area contributed by atoms with Crippen LogP contribution in [-0.2, 0) is 11.2 Å². The third kappa shape index (κ3) is 2.21. The van der Waals surface area contributed by atoms with E-state index in [0.29, 0.717) is 6.42 Å². The van der Waals surface area contributed by atoms with Gasteiger partial charge in [-0.1, -0.05) is 28.1 Å². The van der Waals surface area contributed by atoms with Gasteiger partial charge >= 0.3 is 0 Å². The molecule has 2 heterocycles. The second-order valence-corrected chi connectivity index (χ2v) is 7.47. The predicted octanol–water partition coefficient (Wildman–Crippen LogP) is 4.37. The summed E-state index contributed by atoms with van der Waals surface area (Å²) < 4.78 is 0. The second kappa shape index (κ2) is 5.01. The Hall–Kier alpha value is -1.13. The maximum Gasteiger partial charge on any atom is 0.231 e. The van der Waals surface area contributed by atoms with Gasteiger partial charge in [-0.15, -0.1) is 11.3 Å². The molecule has 0 radical (unpaired) electrons. The summed E-state index contributed by atoms with van der Waals surface area (Å²) in [4.78, 5) is 16.4. The molecule has 2 aromatic rings. The molecule has 1 aliphatic heterocycles. The molecule has 0 fully saturated rings. The minimum Gasteiger partial charge on any atom is -0.315 e. The summed E-state index contributed by atoms with van der Waals surface area (Å²) >= 11 is 5.62. The number of alkyl halides is 1. The fourth-order valence-electron chi connectivity index (χ4n) is 2.54. The predicted molar refractivity (Wildman–Crippen MR) is 88.1 cm³/mol. The lowest BCUT2D eigenvalue weighted by Gasteiger charge is -2.13. The normalized spacial score (nSPS) is 15.6. The standard InChI is InChI=1S/C16H16BrNOS/c1-9-6-14(20-10(9)2)16(17)11-4-5-13-12(7-11)8-15(19)18(13)3/h4-7,16H,8H2,1-3H3. The number of likely N-dealkylation sites (N-methyl/N-ethyl adjacent to an activating group) is 1. The molecule has 0 saturated carbocycles. The molecule has 4 heteroatoms. The second-order valence-electron chi connectivity index (χ2n) is 5.27. The number of aryl methyl sites for hydroxylation is 2. The number of thiophene rings is 1. The zero-order valence-corrected chi connectivity index (χ0v) is 14.1. The van der Waals surface area contributed by atoms with Gasteiger partial charge < -0.3 is 4.90 Å². The van der Waals surface area contributed by atoms with Gasteiger partial charge in [-0.3, -0.25) is 4.79 Å². The van der Waals surface area contributed by atoms with Crippen molar-refractivity contribution in [3.05, 3.63) is 50.7 Å². The van der Waals surface area contributed by atoms with Gasteiger partial charge in [0.1, 0.15) is 0 Å². The molecule has 2 nitrogen and oxygen atoms in total. The Bertz CT molecular complexity index is 672. The van der Waals surface area contributed by atoms with Gasteiger partial charge in [0.15, 0.2) is 0 Å². The van der Waals surface area contributed by atoms with E-state index in [9.17, 15) is 4.79 Å². The molecule has 3 rings (SSSR count). The van der Waals surface area contributed by atoms with Crippen molar-refractivity contribution in [3.63, 3.8) is 0 Å². The average molecular weight is 350 g/mol. The highest BCUT2D eigenvalue weighted by Crippen LogP contribution is 2.39. The van der Waals surface area contributed by atoms with E-state index < -0.39 is 0 Å². The molecule has 1 atom stereocenters. The number of rotatable bonds is 2. The summed E-state index contributed by atoms with van der Waals surface area (Å²) in [6.07, 6.45) is 0.516. The Kier molecular flexibility index (Phi) is 3.46. The van der Waals surface area contributed by atoms with Crippen LogP contribution in [0.5, 0.6) is 0 Å². The quantitative estimate of drug-likeness (QED) is 0.737. The Labute approximate surface area is 131 Å². The summed E-state index contributed by atoms with van der Waals surface area (Å²) in [5, 5.41) is 0. The monoisotopic (exact) mass is 349 g/mol. The van der Waals surface area contributed by atoms with Gasteiger partial charge in [0.2, 0.25) is 5.91 Å². The molecule has 1 unspecified atom stereocenters. The van der Waals surface area contributed by atoms with Crippen LogP contribution < -0.4 is 4.90 Å². The van der Waals surface area contributed by atoms with Crippen LogP contribution >= 0.6 is 27.3 Å². The van der Waals surface area contributed by atoms with Gasteiger partial charge in [-0.25, -0.2) is 0 Å². The van der Waals surface area contributed by atoms with Crippen LogP contribution in [0.15, 0.2) is 24.3 Å². The van der Waals surface area contributed by atoms with Crippen LogP contribution in [-0.4, -0.2) is 13.0 Å². The Morgan fingerprint density at radius 2 is 2.05 bits per heavy atom. The van der Waals surface area contributed by atoms with E-state index in [2.05, 4.69) is 54.0 Å². The van der Waals surface area contributed by atoms with Crippen molar-refractivity contribution >= 4 is 38.9 Å². The maximum atomic E-state index is 11.7. The van der Waals surface area contributed by atoms with Crippen LogP contribution in [0.4, 0.5) is 5.69 Å². The van der Waals surface area contributed by atoms with Crippen molar-refractivity contribution in [2.75, 3.05) is 11.9 Å². The van der Waals surface area contributed by atoms with E-state index in [1.807, 2.05) is 18.4 Å². The number of hydrogen-bond donors (Lipinski definition) is 0. The van der Waals surface area contributed by atoms with Crippen LogP contribution in [0.3, 0.4) is 0 Å².